The minimum absolute atomic E-state index is 0.321. The standard InChI is InChI=1S/C17H14N2O3/c1-18-15(20)14-12-8-7-10-5-3-4-6-11(10)9-13(12)22-16(14)19(2)17(18)21/h3-8H,9H2,1-2H3. The first kappa shape index (κ1) is 12.9. The maximum Gasteiger partial charge on any atom is 0.333 e. The van der Waals surface area contributed by atoms with Crippen LogP contribution < -0.4 is 11.2 Å². The van der Waals surface area contributed by atoms with Gasteiger partial charge in [0.25, 0.3) is 5.56 Å². The molecule has 0 radical (unpaired) electrons. The highest BCUT2D eigenvalue weighted by atomic mass is 16.3. The molecule has 1 aliphatic rings. The summed E-state index contributed by atoms with van der Waals surface area (Å²) in [7, 11) is 3.10. The quantitative estimate of drug-likeness (QED) is 0.498. The molecule has 4 rings (SSSR count). The van der Waals surface area contributed by atoms with Crippen molar-refractivity contribution in [3.8, 4) is 0 Å². The van der Waals surface area contributed by atoms with Gasteiger partial charge in [0.05, 0.1) is 0 Å². The second kappa shape index (κ2) is 4.34. The average molecular weight is 294 g/mol. The van der Waals surface area contributed by atoms with Crippen molar-refractivity contribution in [3.63, 3.8) is 0 Å². The van der Waals surface area contributed by atoms with Gasteiger partial charge in [0.2, 0.25) is 5.71 Å². The van der Waals surface area contributed by atoms with E-state index in [1.807, 2.05) is 36.4 Å². The third kappa shape index (κ3) is 1.59. The summed E-state index contributed by atoms with van der Waals surface area (Å²) in [6, 6.07) is 8.04. The van der Waals surface area contributed by atoms with Gasteiger partial charge in [-0.3, -0.25) is 13.9 Å². The lowest BCUT2D eigenvalue weighted by atomic mass is 10.0. The molecular weight excluding hydrogens is 280 g/mol. The Bertz CT molecular complexity index is 1060. The van der Waals surface area contributed by atoms with Gasteiger partial charge in [-0.25, -0.2) is 4.79 Å². The van der Waals surface area contributed by atoms with E-state index in [0.717, 1.165) is 27.0 Å². The minimum atomic E-state index is -0.384. The van der Waals surface area contributed by atoms with Crippen molar-refractivity contribution >= 4 is 23.3 Å². The number of furan rings is 1. The van der Waals surface area contributed by atoms with Crippen molar-refractivity contribution in [2.24, 2.45) is 14.1 Å². The Hall–Kier alpha value is -2.82. The van der Waals surface area contributed by atoms with Crippen LogP contribution in [0.5, 0.6) is 0 Å². The monoisotopic (exact) mass is 294 g/mol. The molecule has 0 N–H and O–H groups in total. The number of nitrogens with zero attached hydrogens (tertiary/aromatic N) is 2. The van der Waals surface area contributed by atoms with E-state index in [9.17, 15) is 9.59 Å². The molecule has 0 amide bonds. The summed E-state index contributed by atoms with van der Waals surface area (Å²) >= 11 is 0. The Labute approximate surface area is 125 Å². The van der Waals surface area contributed by atoms with Crippen LogP contribution in [0, 0.1) is 0 Å². The number of rotatable bonds is 0. The Kier molecular flexibility index (Phi) is 2.54. The van der Waals surface area contributed by atoms with Gasteiger partial charge in [-0.2, -0.15) is 0 Å². The van der Waals surface area contributed by atoms with Crippen molar-refractivity contribution in [2.45, 2.75) is 6.42 Å². The Morgan fingerprint density at radius 2 is 1.82 bits per heavy atom. The Morgan fingerprint density at radius 3 is 2.64 bits per heavy atom. The van der Waals surface area contributed by atoms with E-state index in [1.165, 1.54) is 11.6 Å². The van der Waals surface area contributed by atoms with Crippen molar-refractivity contribution in [2.75, 3.05) is 0 Å². The van der Waals surface area contributed by atoms with E-state index in [2.05, 4.69) is 0 Å². The fraction of sp³-hybridized carbons (Fsp3) is 0.176. The van der Waals surface area contributed by atoms with Crippen LogP contribution in [0.15, 0.2) is 38.3 Å². The first-order valence-corrected chi connectivity index (χ1v) is 7.05. The third-order valence-corrected chi connectivity index (χ3v) is 4.24. The molecule has 2 aromatic heterocycles. The van der Waals surface area contributed by atoms with Gasteiger partial charge >= 0.3 is 5.69 Å². The normalized spacial score (nSPS) is 13.0. The summed E-state index contributed by atoms with van der Waals surface area (Å²) in [5, 5.41) is 0.462. The topological polar surface area (TPSA) is 57.1 Å². The molecule has 3 aromatic rings. The molecule has 0 fully saturated rings. The number of benzene rings is 1. The van der Waals surface area contributed by atoms with Crippen LogP contribution in [0.1, 0.15) is 22.5 Å². The zero-order chi connectivity index (χ0) is 15.4. The highest BCUT2D eigenvalue weighted by molar-refractivity contribution is 5.90. The van der Waals surface area contributed by atoms with Crippen LogP contribution in [-0.4, -0.2) is 9.13 Å². The number of aryl methyl sites for hydroxylation is 1. The second-order valence-corrected chi connectivity index (χ2v) is 5.53. The molecule has 0 unspecified atom stereocenters. The smallest absolute Gasteiger partial charge is 0.333 e. The fourth-order valence-electron chi connectivity index (χ4n) is 3.00. The van der Waals surface area contributed by atoms with Crippen molar-refractivity contribution in [3.05, 3.63) is 67.6 Å². The predicted octanol–water partition coefficient (Wildman–Crippen LogP) is 1.90. The second-order valence-electron chi connectivity index (χ2n) is 5.53. The van der Waals surface area contributed by atoms with Crippen LogP contribution in [0.4, 0.5) is 0 Å². The van der Waals surface area contributed by atoms with E-state index < -0.39 is 0 Å². The summed E-state index contributed by atoms with van der Waals surface area (Å²) in [5.74, 6) is 0.717. The first-order valence-electron chi connectivity index (χ1n) is 7.05. The number of hydrogen-bond donors (Lipinski definition) is 0. The van der Waals surface area contributed by atoms with Crippen LogP contribution in [0.25, 0.3) is 23.3 Å². The lowest BCUT2D eigenvalue weighted by Gasteiger charge is -2.03. The SMILES string of the molecule is Cn1c(=O)c2c3c(oc2n(C)c1=O)Cc1ccccc1C=C3. The van der Waals surface area contributed by atoms with Gasteiger partial charge in [0, 0.05) is 26.1 Å². The molecule has 110 valence electrons. The molecule has 0 saturated heterocycles. The molecule has 0 saturated carbocycles. The number of aromatic nitrogens is 2. The van der Waals surface area contributed by atoms with E-state index in [4.69, 9.17) is 4.42 Å². The highest BCUT2D eigenvalue weighted by Crippen LogP contribution is 2.30. The zero-order valence-corrected chi connectivity index (χ0v) is 12.3. The molecule has 1 aromatic carbocycles. The summed E-state index contributed by atoms with van der Waals surface area (Å²) < 4.78 is 8.37. The zero-order valence-electron chi connectivity index (χ0n) is 12.3. The number of hydrogen-bond acceptors (Lipinski definition) is 3. The molecule has 22 heavy (non-hydrogen) atoms. The molecule has 0 aliphatic heterocycles. The molecule has 0 atom stereocenters. The predicted molar refractivity (Wildman–Crippen MR) is 84.9 cm³/mol. The summed E-state index contributed by atoms with van der Waals surface area (Å²) in [6.45, 7) is 0. The maximum absolute atomic E-state index is 12.5. The molecule has 0 spiro atoms. The molecular formula is C17H14N2O3. The first-order chi connectivity index (χ1) is 10.6. The summed E-state index contributed by atoms with van der Waals surface area (Å²) in [5.41, 5.74) is 2.65. The Morgan fingerprint density at radius 1 is 1.05 bits per heavy atom. The van der Waals surface area contributed by atoms with Crippen LogP contribution >= 0.6 is 0 Å². The van der Waals surface area contributed by atoms with Crippen molar-refractivity contribution in [1.82, 2.24) is 9.13 Å². The fourth-order valence-corrected chi connectivity index (χ4v) is 3.00. The largest absolute Gasteiger partial charge is 0.443 e. The molecule has 5 nitrogen and oxygen atoms in total. The van der Waals surface area contributed by atoms with Gasteiger partial charge in [-0.1, -0.05) is 30.3 Å². The van der Waals surface area contributed by atoms with E-state index >= 15 is 0 Å². The van der Waals surface area contributed by atoms with E-state index in [1.54, 1.807) is 7.05 Å². The average Bonchev–Trinajstić information content (AvgIpc) is 2.78. The van der Waals surface area contributed by atoms with Gasteiger partial charge in [-0.05, 0) is 17.2 Å². The number of fused-ring (bicyclic) bond motifs is 4. The van der Waals surface area contributed by atoms with Gasteiger partial charge < -0.3 is 4.42 Å². The van der Waals surface area contributed by atoms with E-state index in [-0.39, 0.29) is 11.2 Å². The lowest BCUT2D eigenvalue weighted by molar-refractivity contribution is 0.525. The molecule has 1 aliphatic carbocycles. The summed E-state index contributed by atoms with van der Waals surface area (Å²) in [6.07, 6.45) is 4.49. The maximum atomic E-state index is 12.5. The Balaban J connectivity index is 2.12. The highest BCUT2D eigenvalue weighted by Gasteiger charge is 2.22. The minimum Gasteiger partial charge on any atom is -0.443 e. The van der Waals surface area contributed by atoms with Gasteiger partial charge in [0.15, 0.2) is 0 Å². The van der Waals surface area contributed by atoms with Crippen LogP contribution in [-0.2, 0) is 20.5 Å². The lowest BCUT2D eigenvalue weighted by Crippen LogP contribution is -2.36. The third-order valence-electron chi connectivity index (χ3n) is 4.24. The molecule has 5 heteroatoms. The van der Waals surface area contributed by atoms with Crippen molar-refractivity contribution < 1.29 is 4.42 Å². The van der Waals surface area contributed by atoms with E-state index in [0.29, 0.717) is 17.5 Å². The van der Waals surface area contributed by atoms with Crippen LogP contribution in [0.3, 0.4) is 0 Å². The van der Waals surface area contributed by atoms with Gasteiger partial charge in [-0.15, -0.1) is 0 Å². The summed E-state index contributed by atoms with van der Waals surface area (Å²) in [4.78, 5) is 24.5. The van der Waals surface area contributed by atoms with Gasteiger partial charge in [0.1, 0.15) is 11.1 Å². The molecule has 0 bridgehead atoms. The van der Waals surface area contributed by atoms with Crippen LogP contribution in [0.2, 0.25) is 0 Å². The van der Waals surface area contributed by atoms with Crippen molar-refractivity contribution in [1.29, 1.82) is 0 Å². The molecule has 2 heterocycles.